The molecule has 4 aromatic rings. The maximum Gasteiger partial charge on any atom is 0.416 e. The van der Waals surface area contributed by atoms with Gasteiger partial charge in [0.05, 0.1) is 24.2 Å². The van der Waals surface area contributed by atoms with Crippen LogP contribution in [0.5, 0.6) is 5.75 Å². The molecule has 0 bridgehead atoms. The molecule has 0 unspecified atom stereocenters. The van der Waals surface area contributed by atoms with Crippen molar-refractivity contribution < 1.29 is 26.3 Å². The Bertz CT molecular complexity index is 1340. The third kappa shape index (κ3) is 4.72. The van der Waals surface area contributed by atoms with Crippen LogP contribution in [-0.4, -0.2) is 29.6 Å². The molecule has 0 amide bonds. The summed E-state index contributed by atoms with van der Waals surface area (Å²) in [6.07, 6.45) is 0.461. The zero-order valence-corrected chi connectivity index (χ0v) is 17.7. The van der Waals surface area contributed by atoms with E-state index in [-0.39, 0.29) is 11.6 Å². The number of aromatic nitrogens is 3. The molecule has 2 aromatic heterocycles. The van der Waals surface area contributed by atoms with Crippen LogP contribution in [0, 0.1) is 0 Å². The van der Waals surface area contributed by atoms with Crippen LogP contribution in [0.3, 0.4) is 0 Å². The van der Waals surface area contributed by atoms with Crippen molar-refractivity contribution in [3.63, 3.8) is 0 Å². The molecule has 0 fully saturated rings. The van der Waals surface area contributed by atoms with Crippen molar-refractivity contribution in [2.75, 3.05) is 11.3 Å². The van der Waals surface area contributed by atoms with Crippen LogP contribution in [0.4, 0.5) is 18.9 Å². The van der Waals surface area contributed by atoms with Gasteiger partial charge in [-0.25, -0.2) is 4.98 Å². The van der Waals surface area contributed by atoms with E-state index < -0.39 is 21.8 Å². The van der Waals surface area contributed by atoms with Gasteiger partial charge < -0.3 is 14.3 Å². The number of alkyl halides is 3. The molecule has 0 radical (unpaired) electrons. The average molecular weight is 464 g/mol. The van der Waals surface area contributed by atoms with Gasteiger partial charge in [-0.3, -0.25) is 4.72 Å². The predicted molar refractivity (Wildman–Crippen MR) is 113 cm³/mol. The molecule has 0 atom stereocenters. The smallest absolute Gasteiger partial charge is 0.416 e. The molecule has 2 aromatic carbocycles. The number of nitrogens with one attached hydrogen (secondary N) is 2. The molecule has 168 valence electrons. The summed E-state index contributed by atoms with van der Waals surface area (Å²) in [5.74, 6) is 0.338. The van der Waals surface area contributed by atoms with E-state index in [0.717, 1.165) is 23.2 Å². The number of hydrogen-bond acceptors (Lipinski definition) is 4. The fourth-order valence-corrected chi connectivity index (χ4v) is 4.21. The molecule has 0 aliphatic carbocycles. The lowest BCUT2D eigenvalue weighted by molar-refractivity contribution is -0.137. The highest BCUT2D eigenvalue weighted by Gasteiger charge is 2.30. The molecule has 0 aliphatic heterocycles. The molecule has 0 aliphatic rings. The number of sulfonamides is 1. The zero-order chi connectivity index (χ0) is 22.9. The number of rotatable bonds is 7. The van der Waals surface area contributed by atoms with Crippen molar-refractivity contribution in [2.45, 2.75) is 17.6 Å². The van der Waals surface area contributed by atoms with Gasteiger partial charge in [0.2, 0.25) is 0 Å². The molecule has 0 spiro atoms. The number of H-pyrrole nitrogens is 1. The van der Waals surface area contributed by atoms with Crippen LogP contribution in [0.2, 0.25) is 0 Å². The van der Waals surface area contributed by atoms with E-state index in [1.165, 1.54) is 24.7 Å². The second kappa shape index (κ2) is 8.23. The van der Waals surface area contributed by atoms with Gasteiger partial charge in [0.25, 0.3) is 10.0 Å². The fraction of sp³-hybridized carbons (Fsp3) is 0.190. The number of ether oxygens (including phenoxy) is 1. The Balaban J connectivity index is 1.44. The first-order valence-electron chi connectivity index (χ1n) is 9.53. The van der Waals surface area contributed by atoms with Crippen molar-refractivity contribution in [1.29, 1.82) is 0 Å². The first-order chi connectivity index (χ1) is 15.1. The van der Waals surface area contributed by atoms with Gasteiger partial charge in [0, 0.05) is 36.8 Å². The summed E-state index contributed by atoms with van der Waals surface area (Å²) < 4.78 is 72.7. The standard InChI is InChI=1S/C21H19F3N4O3S/c1-28-12-20(26-13-28)32(29,30)27-19-11-25-18-7-2-14(10-17(18)19)8-9-31-16-5-3-15(4-6-16)21(22,23)24/h2-7,10-13,25,27H,8-9H2,1H3. The van der Waals surface area contributed by atoms with Gasteiger partial charge in [-0.2, -0.15) is 21.6 Å². The van der Waals surface area contributed by atoms with Crippen molar-refractivity contribution in [2.24, 2.45) is 7.05 Å². The molecule has 2 N–H and O–H groups in total. The average Bonchev–Trinajstić information content (AvgIpc) is 3.34. The Hall–Kier alpha value is -3.47. The van der Waals surface area contributed by atoms with Gasteiger partial charge >= 0.3 is 6.18 Å². The minimum Gasteiger partial charge on any atom is -0.493 e. The zero-order valence-electron chi connectivity index (χ0n) is 16.8. The van der Waals surface area contributed by atoms with Gasteiger partial charge in [0.15, 0.2) is 5.03 Å². The SMILES string of the molecule is Cn1cnc(S(=O)(=O)Nc2c[nH]c3ccc(CCOc4ccc(C(F)(F)F)cc4)cc23)c1. The highest BCUT2D eigenvalue weighted by Crippen LogP contribution is 2.30. The number of fused-ring (bicyclic) bond motifs is 1. The second-order valence-electron chi connectivity index (χ2n) is 7.19. The minimum absolute atomic E-state index is 0.0875. The maximum absolute atomic E-state index is 12.6. The van der Waals surface area contributed by atoms with E-state index in [2.05, 4.69) is 14.7 Å². The van der Waals surface area contributed by atoms with Crippen LogP contribution in [0.25, 0.3) is 10.9 Å². The van der Waals surface area contributed by atoms with Crippen LogP contribution in [0.15, 0.2) is 66.2 Å². The lowest BCUT2D eigenvalue weighted by Gasteiger charge is -2.09. The molecular formula is C21H19F3N4O3S. The highest BCUT2D eigenvalue weighted by molar-refractivity contribution is 7.92. The quantitative estimate of drug-likeness (QED) is 0.426. The topological polar surface area (TPSA) is 89.0 Å². The van der Waals surface area contributed by atoms with Crippen molar-refractivity contribution in [3.8, 4) is 5.75 Å². The fourth-order valence-electron chi connectivity index (χ4n) is 3.16. The Morgan fingerprint density at radius 1 is 1.16 bits per heavy atom. The summed E-state index contributed by atoms with van der Waals surface area (Å²) in [4.78, 5) is 6.90. The lowest BCUT2D eigenvalue weighted by Crippen LogP contribution is -2.13. The Morgan fingerprint density at radius 2 is 1.91 bits per heavy atom. The number of benzene rings is 2. The van der Waals surface area contributed by atoms with Crippen molar-refractivity contribution in [3.05, 3.63) is 72.3 Å². The molecule has 2 heterocycles. The van der Waals surface area contributed by atoms with Crippen LogP contribution < -0.4 is 9.46 Å². The number of halogens is 3. The summed E-state index contributed by atoms with van der Waals surface area (Å²) in [5.41, 5.74) is 1.28. The minimum atomic E-state index is -4.39. The predicted octanol–water partition coefficient (Wildman–Crippen LogP) is 4.34. The van der Waals surface area contributed by atoms with Gasteiger partial charge in [0.1, 0.15) is 5.75 Å². The van der Waals surface area contributed by atoms with Crippen molar-refractivity contribution >= 4 is 26.6 Å². The van der Waals surface area contributed by atoms with Gasteiger partial charge in [-0.05, 0) is 42.0 Å². The first kappa shape index (κ1) is 21.8. The summed E-state index contributed by atoms with van der Waals surface area (Å²) in [7, 11) is -2.16. The molecule has 7 nitrogen and oxygen atoms in total. The van der Waals surface area contributed by atoms with Gasteiger partial charge in [-0.1, -0.05) is 6.07 Å². The number of hydrogen-bond donors (Lipinski definition) is 2. The van der Waals surface area contributed by atoms with E-state index in [9.17, 15) is 21.6 Å². The van der Waals surface area contributed by atoms with E-state index in [1.54, 1.807) is 17.8 Å². The highest BCUT2D eigenvalue weighted by atomic mass is 32.2. The normalized spacial score (nSPS) is 12.2. The molecule has 32 heavy (non-hydrogen) atoms. The van der Waals surface area contributed by atoms with E-state index in [4.69, 9.17) is 4.74 Å². The van der Waals surface area contributed by atoms with Gasteiger partial charge in [-0.15, -0.1) is 0 Å². The summed E-state index contributed by atoms with van der Waals surface area (Å²) in [6.45, 7) is 0.246. The summed E-state index contributed by atoms with van der Waals surface area (Å²) >= 11 is 0. The monoisotopic (exact) mass is 464 g/mol. The number of nitrogens with zero attached hydrogens (tertiary/aromatic N) is 2. The number of anilines is 1. The van der Waals surface area contributed by atoms with E-state index in [1.807, 2.05) is 18.2 Å². The van der Waals surface area contributed by atoms with E-state index >= 15 is 0 Å². The van der Waals surface area contributed by atoms with Crippen molar-refractivity contribution in [1.82, 2.24) is 14.5 Å². The Morgan fingerprint density at radius 3 is 2.56 bits per heavy atom. The Kier molecular flexibility index (Phi) is 5.59. The number of aromatic amines is 1. The van der Waals surface area contributed by atoms with Crippen LogP contribution in [0.1, 0.15) is 11.1 Å². The molecule has 0 saturated carbocycles. The first-order valence-corrected chi connectivity index (χ1v) is 11.0. The number of aryl methyl sites for hydroxylation is 1. The third-order valence-electron chi connectivity index (χ3n) is 4.79. The summed E-state index contributed by atoms with van der Waals surface area (Å²) in [6, 6.07) is 10.0. The molecule has 0 saturated heterocycles. The maximum atomic E-state index is 12.6. The Labute approximate surface area is 181 Å². The van der Waals surface area contributed by atoms with Crippen LogP contribution in [-0.2, 0) is 29.7 Å². The largest absolute Gasteiger partial charge is 0.493 e. The lowest BCUT2D eigenvalue weighted by atomic mass is 10.1. The van der Waals surface area contributed by atoms with Crippen LogP contribution >= 0.6 is 0 Å². The second-order valence-corrected chi connectivity index (χ2v) is 8.82. The van der Waals surface area contributed by atoms with E-state index in [0.29, 0.717) is 23.2 Å². The summed E-state index contributed by atoms with van der Waals surface area (Å²) in [5, 5.41) is 0.590. The molecule has 4 rings (SSSR count). The third-order valence-corrected chi connectivity index (χ3v) is 6.04. The molecule has 11 heteroatoms. The molecular weight excluding hydrogens is 445 g/mol. The number of imidazole rings is 1.